The lowest BCUT2D eigenvalue weighted by molar-refractivity contribution is 0.0474. The van der Waals surface area contributed by atoms with Gasteiger partial charge in [-0.25, -0.2) is 9.59 Å². The maximum absolute atomic E-state index is 12.8. The summed E-state index contributed by atoms with van der Waals surface area (Å²) in [5.41, 5.74) is 4.49. The summed E-state index contributed by atoms with van der Waals surface area (Å²) >= 11 is 0. The molecular weight excluding hydrogens is 410 g/mol. The van der Waals surface area contributed by atoms with Gasteiger partial charge in [0.1, 0.15) is 0 Å². The minimum atomic E-state index is -0.566. The van der Waals surface area contributed by atoms with Crippen LogP contribution in [0.3, 0.4) is 0 Å². The molecule has 0 aliphatic heterocycles. The first-order chi connectivity index (χ1) is 15.3. The Balaban J connectivity index is 1.73. The first kappa shape index (κ1) is 23.0. The molecule has 0 fully saturated rings. The number of rotatable bonds is 8. The highest BCUT2D eigenvalue weighted by molar-refractivity contribution is 6.00. The summed E-state index contributed by atoms with van der Waals surface area (Å²) in [6.07, 6.45) is 0. The molecule has 0 saturated heterocycles. The van der Waals surface area contributed by atoms with Gasteiger partial charge in [-0.1, -0.05) is 12.1 Å². The fourth-order valence-electron chi connectivity index (χ4n) is 3.55. The molecule has 0 unspecified atom stereocenters. The number of carbonyl (C=O) groups excluding carboxylic acids is 3. The summed E-state index contributed by atoms with van der Waals surface area (Å²) in [5.74, 6) is -1.27. The number of benzene rings is 2. The predicted molar refractivity (Wildman–Crippen MR) is 118 cm³/mol. The average Bonchev–Trinajstić information content (AvgIpc) is 3.11. The first-order valence-electron chi connectivity index (χ1n) is 10.0. The van der Waals surface area contributed by atoms with Gasteiger partial charge in [0, 0.05) is 29.7 Å². The van der Waals surface area contributed by atoms with Gasteiger partial charge in [-0.05, 0) is 61.9 Å². The molecule has 3 aromatic rings. The fraction of sp³-hybridized carbons (Fsp3) is 0.240. The minimum Gasteiger partial charge on any atom is -0.465 e. The number of hydrogen-bond donors (Lipinski definition) is 0. The second kappa shape index (κ2) is 10.1. The third-order valence-corrected chi connectivity index (χ3v) is 5.09. The van der Waals surface area contributed by atoms with Crippen molar-refractivity contribution in [3.8, 4) is 5.69 Å². The van der Waals surface area contributed by atoms with E-state index in [0.29, 0.717) is 23.3 Å². The second-order valence-electron chi connectivity index (χ2n) is 7.29. The van der Waals surface area contributed by atoms with Crippen molar-refractivity contribution in [3.05, 3.63) is 88.2 Å². The van der Waals surface area contributed by atoms with Gasteiger partial charge in [0.05, 0.1) is 24.8 Å². The summed E-state index contributed by atoms with van der Waals surface area (Å²) < 4.78 is 17.0. The van der Waals surface area contributed by atoms with Gasteiger partial charge in [0.2, 0.25) is 5.78 Å². The van der Waals surface area contributed by atoms with Crippen LogP contribution < -0.4 is 0 Å². The molecule has 0 aliphatic rings. The summed E-state index contributed by atoms with van der Waals surface area (Å²) in [6.45, 7) is 3.72. The standard InChI is InChI=1S/C25H25NO6/c1-16-12-22(17(2)26(16)21-10-8-19(9-11-21)24(28)31-4)23(27)15-32-25(29)20-7-5-6-18(13-20)14-30-3/h5-13H,14-15H2,1-4H3. The second-order valence-corrected chi connectivity index (χ2v) is 7.29. The van der Waals surface area contributed by atoms with E-state index in [-0.39, 0.29) is 12.4 Å². The molecule has 0 saturated carbocycles. The Kier molecular flexibility index (Phi) is 7.22. The Morgan fingerprint density at radius 2 is 1.59 bits per heavy atom. The number of ketones is 1. The van der Waals surface area contributed by atoms with Gasteiger partial charge in [-0.3, -0.25) is 4.79 Å². The van der Waals surface area contributed by atoms with Crippen LogP contribution in [0.25, 0.3) is 5.69 Å². The van der Waals surface area contributed by atoms with Gasteiger partial charge in [-0.15, -0.1) is 0 Å². The molecule has 7 nitrogen and oxygen atoms in total. The van der Waals surface area contributed by atoms with Crippen LogP contribution in [-0.4, -0.2) is 43.1 Å². The van der Waals surface area contributed by atoms with Crippen LogP contribution in [0.4, 0.5) is 0 Å². The van der Waals surface area contributed by atoms with Crippen LogP contribution >= 0.6 is 0 Å². The Bertz CT molecular complexity index is 1140. The highest BCUT2D eigenvalue weighted by Crippen LogP contribution is 2.22. The van der Waals surface area contributed by atoms with E-state index in [4.69, 9.17) is 14.2 Å². The van der Waals surface area contributed by atoms with Crippen molar-refractivity contribution < 1.29 is 28.6 Å². The molecule has 0 radical (unpaired) electrons. The van der Waals surface area contributed by atoms with E-state index < -0.39 is 11.9 Å². The lowest BCUT2D eigenvalue weighted by Crippen LogP contribution is -2.15. The molecule has 166 valence electrons. The number of Topliss-reactive ketones (excluding diaryl/α,β-unsaturated/α-hetero) is 1. The van der Waals surface area contributed by atoms with Gasteiger partial charge >= 0.3 is 11.9 Å². The quantitative estimate of drug-likeness (QED) is 0.392. The first-order valence-corrected chi connectivity index (χ1v) is 10.0. The van der Waals surface area contributed by atoms with Crippen molar-refractivity contribution in [2.45, 2.75) is 20.5 Å². The molecule has 0 amide bonds. The molecule has 2 aromatic carbocycles. The third-order valence-electron chi connectivity index (χ3n) is 5.09. The number of aromatic nitrogens is 1. The Hall–Kier alpha value is -3.71. The summed E-state index contributed by atoms with van der Waals surface area (Å²) in [6, 6.07) is 15.6. The van der Waals surface area contributed by atoms with Crippen molar-refractivity contribution >= 4 is 17.7 Å². The van der Waals surface area contributed by atoms with E-state index in [2.05, 4.69) is 0 Å². The molecular formula is C25H25NO6. The van der Waals surface area contributed by atoms with Gasteiger partial charge in [-0.2, -0.15) is 0 Å². The van der Waals surface area contributed by atoms with E-state index in [1.807, 2.05) is 24.5 Å². The summed E-state index contributed by atoms with van der Waals surface area (Å²) in [5, 5.41) is 0. The molecule has 32 heavy (non-hydrogen) atoms. The molecule has 0 aliphatic carbocycles. The van der Waals surface area contributed by atoms with Crippen LogP contribution in [0.1, 0.15) is 48.0 Å². The summed E-state index contributed by atoms with van der Waals surface area (Å²) in [7, 11) is 2.91. The van der Waals surface area contributed by atoms with Crippen molar-refractivity contribution in [2.75, 3.05) is 20.8 Å². The van der Waals surface area contributed by atoms with Crippen LogP contribution in [-0.2, 0) is 20.8 Å². The van der Waals surface area contributed by atoms with E-state index in [9.17, 15) is 14.4 Å². The Morgan fingerprint density at radius 1 is 0.875 bits per heavy atom. The van der Waals surface area contributed by atoms with Crippen molar-refractivity contribution in [1.82, 2.24) is 4.57 Å². The zero-order chi connectivity index (χ0) is 23.3. The number of aryl methyl sites for hydroxylation is 1. The van der Waals surface area contributed by atoms with E-state index >= 15 is 0 Å². The molecule has 0 N–H and O–H groups in total. The molecule has 0 atom stereocenters. The van der Waals surface area contributed by atoms with E-state index in [0.717, 1.165) is 22.6 Å². The maximum atomic E-state index is 12.8. The minimum absolute atomic E-state index is 0.295. The Morgan fingerprint density at radius 3 is 2.25 bits per heavy atom. The van der Waals surface area contributed by atoms with Gasteiger partial charge in [0.15, 0.2) is 6.61 Å². The van der Waals surface area contributed by atoms with E-state index in [1.165, 1.54) is 7.11 Å². The lowest BCUT2D eigenvalue weighted by Gasteiger charge is -2.11. The number of carbonyl (C=O) groups is 3. The Labute approximate surface area is 186 Å². The molecule has 1 heterocycles. The number of methoxy groups -OCH3 is 2. The largest absolute Gasteiger partial charge is 0.465 e. The molecule has 7 heteroatoms. The SMILES string of the molecule is COCc1cccc(C(=O)OCC(=O)c2cc(C)n(-c3ccc(C(=O)OC)cc3)c2C)c1. The highest BCUT2D eigenvalue weighted by atomic mass is 16.5. The monoisotopic (exact) mass is 435 g/mol. The van der Waals surface area contributed by atoms with Crippen molar-refractivity contribution in [2.24, 2.45) is 0 Å². The fourth-order valence-corrected chi connectivity index (χ4v) is 3.55. The van der Waals surface area contributed by atoms with Crippen molar-refractivity contribution in [3.63, 3.8) is 0 Å². The van der Waals surface area contributed by atoms with Crippen LogP contribution in [0, 0.1) is 13.8 Å². The normalized spacial score (nSPS) is 10.6. The summed E-state index contributed by atoms with van der Waals surface area (Å²) in [4.78, 5) is 36.8. The predicted octanol–water partition coefficient (Wildman–Crippen LogP) is 4.07. The molecule has 3 rings (SSSR count). The van der Waals surface area contributed by atoms with Crippen molar-refractivity contribution in [1.29, 1.82) is 0 Å². The average molecular weight is 435 g/mol. The maximum Gasteiger partial charge on any atom is 0.338 e. The number of esters is 2. The molecule has 1 aromatic heterocycles. The number of hydrogen-bond acceptors (Lipinski definition) is 6. The molecule has 0 bridgehead atoms. The highest BCUT2D eigenvalue weighted by Gasteiger charge is 2.19. The number of nitrogens with zero attached hydrogens (tertiary/aromatic N) is 1. The van der Waals surface area contributed by atoms with Gasteiger partial charge < -0.3 is 18.8 Å². The van der Waals surface area contributed by atoms with Gasteiger partial charge in [0.25, 0.3) is 0 Å². The third kappa shape index (κ3) is 4.95. The topological polar surface area (TPSA) is 83.8 Å². The zero-order valence-corrected chi connectivity index (χ0v) is 18.5. The van der Waals surface area contributed by atoms with Crippen LogP contribution in [0.2, 0.25) is 0 Å². The zero-order valence-electron chi connectivity index (χ0n) is 18.5. The number of ether oxygens (including phenoxy) is 3. The van der Waals surface area contributed by atoms with Crippen LogP contribution in [0.5, 0.6) is 0 Å². The lowest BCUT2D eigenvalue weighted by atomic mass is 10.1. The smallest absolute Gasteiger partial charge is 0.338 e. The van der Waals surface area contributed by atoms with Crippen LogP contribution in [0.15, 0.2) is 54.6 Å². The molecule has 0 spiro atoms. The van der Waals surface area contributed by atoms with E-state index in [1.54, 1.807) is 55.6 Å².